The lowest BCUT2D eigenvalue weighted by atomic mass is 10.2. The van der Waals surface area contributed by atoms with Crippen LogP contribution in [-0.2, 0) is 4.79 Å². The third-order valence-electron chi connectivity index (χ3n) is 3.31. The standard InChI is InChI=1S/C15H13N3O2/c1-11(15(19)20)18-10-17-9-5-3-7-13(17)14(18)12-6-2-4-8-16-12/h2-11H,1H3/t11-/m0/s1. The summed E-state index contributed by atoms with van der Waals surface area (Å²) in [5.41, 5.74) is 2.40. The van der Waals surface area contributed by atoms with Crippen LogP contribution in [0.25, 0.3) is 16.9 Å². The highest BCUT2D eigenvalue weighted by Gasteiger charge is 2.24. The number of carbonyl (C=O) groups is 1. The van der Waals surface area contributed by atoms with E-state index in [4.69, 9.17) is 0 Å². The zero-order chi connectivity index (χ0) is 14.1. The summed E-state index contributed by atoms with van der Waals surface area (Å²) in [7, 11) is 0. The normalized spacial score (nSPS) is 12.4. The van der Waals surface area contributed by atoms with Gasteiger partial charge < -0.3 is 9.90 Å². The van der Waals surface area contributed by atoms with Crippen molar-refractivity contribution in [2.24, 2.45) is 0 Å². The van der Waals surface area contributed by atoms with E-state index in [1.54, 1.807) is 24.0 Å². The van der Waals surface area contributed by atoms with Gasteiger partial charge in [-0.15, -0.1) is 0 Å². The third-order valence-corrected chi connectivity index (χ3v) is 3.31. The number of rotatable bonds is 3. The molecule has 1 atom stereocenters. The first kappa shape index (κ1) is 12.3. The van der Waals surface area contributed by atoms with Gasteiger partial charge in [0, 0.05) is 6.20 Å². The maximum atomic E-state index is 11.2. The number of carboxylic acid groups (broad SMARTS) is 1. The van der Waals surface area contributed by atoms with Crippen molar-refractivity contribution in [3.8, 4) is 11.4 Å². The van der Waals surface area contributed by atoms with Crippen molar-refractivity contribution in [2.45, 2.75) is 13.0 Å². The van der Waals surface area contributed by atoms with Gasteiger partial charge in [0.05, 0.1) is 12.2 Å². The number of aromatic nitrogens is 3. The molecule has 0 N–H and O–H groups in total. The fourth-order valence-electron chi connectivity index (χ4n) is 2.25. The molecule has 0 aliphatic rings. The molecule has 0 radical (unpaired) electrons. The molecule has 3 heterocycles. The van der Waals surface area contributed by atoms with Gasteiger partial charge in [0.15, 0.2) is 5.52 Å². The molecule has 100 valence electrons. The molecule has 0 spiro atoms. The van der Waals surface area contributed by atoms with Crippen LogP contribution in [-0.4, -0.2) is 15.4 Å². The lowest BCUT2D eigenvalue weighted by molar-refractivity contribution is -0.701. The van der Waals surface area contributed by atoms with Gasteiger partial charge in [-0.05, 0) is 31.2 Å². The van der Waals surface area contributed by atoms with E-state index in [1.165, 1.54) is 0 Å². The molecule has 0 aliphatic heterocycles. The predicted molar refractivity (Wildman–Crippen MR) is 70.5 cm³/mol. The van der Waals surface area contributed by atoms with Gasteiger partial charge in [-0.2, -0.15) is 0 Å². The summed E-state index contributed by atoms with van der Waals surface area (Å²) in [6.45, 7) is 1.60. The largest absolute Gasteiger partial charge is 0.546 e. The van der Waals surface area contributed by atoms with Crippen LogP contribution < -0.4 is 9.67 Å². The zero-order valence-corrected chi connectivity index (χ0v) is 10.9. The Hall–Kier alpha value is -2.69. The number of carboxylic acids is 1. The van der Waals surface area contributed by atoms with Crippen LogP contribution in [0.1, 0.15) is 13.0 Å². The molecular formula is C15H13N3O2. The topological polar surface area (TPSA) is 61.3 Å². The highest BCUT2D eigenvalue weighted by atomic mass is 16.4. The second-order valence-corrected chi connectivity index (χ2v) is 4.57. The second kappa shape index (κ2) is 4.77. The molecule has 0 aliphatic carbocycles. The fraction of sp³-hybridized carbons (Fsp3) is 0.133. The maximum Gasteiger partial charge on any atom is 0.250 e. The Morgan fingerprint density at radius 1 is 1.30 bits per heavy atom. The minimum atomic E-state index is -1.12. The number of fused-ring (bicyclic) bond motifs is 1. The summed E-state index contributed by atoms with van der Waals surface area (Å²) in [4.78, 5) is 15.5. The van der Waals surface area contributed by atoms with E-state index in [2.05, 4.69) is 4.98 Å². The molecule has 3 rings (SSSR count). The predicted octanol–water partition coefficient (Wildman–Crippen LogP) is 0.600. The summed E-state index contributed by atoms with van der Waals surface area (Å²) in [6.07, 6.45) is 5.32. The number of aliphatic carboxylic acids is 1. The van der Waals surface area contributed by atoms with E-state index >= 15 is 0 Å². The fourth-order valence-corrected chi connectivity index (χ4v) is 2.25. The third kappa shape index (κ3) is 1.93. The average Bonchev–Trinajstić information content (AvgIpc) is 2.86. The van der Waals surface area contributed by atoms with Crippen LogP contribution in [0, 0.1) is 0 Å². The number of imidazole rings is 1. The highest BCUT2D eigenvalue weighted by Crippen LogP contribution is 2.20. The van der Waals surface area contributed by atoms with Crippen molar-refractivity contribution in [3.63, 3.8) is 0 Å². The molecule has 0 saturated carbocycles. The Kier molecular flexibility index (Phi) is 2.95. The van der Waals surface area contributed by atoms with E-state index < -0.39 is 12.0 Å². The first-order valence-electron chi connectivity index (χ1n) is 6.31. The van der Waals surface area contributed by atoms with Crippen LogP contribution in [0.15, 0.2) is 55.1 Å². The Balaban J connectivity index is 2.32. The lowest BCUT2D eigenvalue weighted by Gasteiger charge is -2.11. The number of pyridine rings is 2. The van der Waals surface area contributed by atoms with Crippen molar-refractivity contribution in [2.75, 3.05) is 0 Å². The van der Waals surface area contributed by atoms with Crippen LogP contribution in [0.4, 0.5) is 0 Å². The summed E-state index contributed by atoms with van der Waals surface area (Å²) in [5.74, 6) is -1.12. The van der Waals surface area contributed by atoms with Crippen molar-refractivity contribution in [1.82, 2.24) is 9.38 Å². The van der Waals surface area contributed by atoms with Crippen molar-refractivity contribution < 1.29 is 14.5 Å². The molecule has 5 heteroatoms. The van der Waals surface area contributed by atoms with Gasteiger partial charge in [-0.25, -0.2) is 8.97 Å². The SMILES string of the molecule is C[C@@H](C(=O)[O-])[n+]1cn2ccccc2c1-c1ccccn1. The summed E-state index contributed by atoms with van der Waals surface area (Å²) in [5, 5.41) is 11.2. The Morgan fingerprint density at radius 2 is 2.10 bits per heavy atom. The molecule has 5 nitrogen and oxygen atoms in total. The summed E-state index contributed by atoms with van der Waals surface area (Å²) >= 11 is 0. The van der Waals surface area contributed by atoms with E-state index in [0.717, 1.165) is 16.9 Å². The minimum absolute atomic E-state index is 0.731. The number of carbonyl (C=O) groups excluding carboxylic acids is 1. The van der Waals surface area contributed by atoms with Gasteiger partial charge in [-0.1, -0.05) is 12.1 Å². The first-order chi connectivity index (χ1) is 9.68. The van der Waals surface area contributed by atoms with Crippen molar-refractivity contribution >= 4 is 11.5 Å². The Morgan fingerprint density at radius 3 is 2.80 bits per heavy atom. The zero-order valence-electron chi connectivity index (χ0n) is 10.9. The average molecular weight is 267 g/mol. The van der Waals surface area contributed by atoms with Crippen LogP contribution in [0.3, 0.4) is 0 Å². The molecule has 0 fully saturated rings. The molecule has 0 bridgehead atoms. The molecule has 0 amide bonds. The second-order valence-electron chi connectivity index (χ2n) is 4.57. The maximum absolute atomic E-state index is 11.2. The minimum Gasteiger partial charge on any atom is -0.546 e. The monoisotopic (exact) mass is 267 g/mol. The number of hydrogen-bond donors (Lipinski definition) is 0. The van der Waals surface area contributed by atoms with Gasteiger partial charge in [0.2, 0.25) is 12.0 Å². The smallest absolute Gasteiger partial charge is 0.250 e. The molecule has 0 aromatic carbocycles. The summed E-state index contributed by atoms with van der Waals surface area (Å²) in [6, 6.07) is 10.5. The highest BCUT2D eigenvalue weighted by molar-refractivity contribution is 5.73. The van der Waals surface area contributed by atoms with Crippen LogP contribution >= 0.6 is 0 Å². The Bertz CT molecular complexity index is 765. The van der Waals surface area contributed by atoms with Crippen LogP contribution in [0.5, 0.6) is 0 Å². The summed E-state index contributed by atoms with van der Waals surface area (Å²) < 4.78 is 3.55. The van der Waals surface area contributed by atoms with E-state index in [9.17, 15) is 9.90 Å². The van der Waals surface area contributed by atoms with Crippen molar-refractivity contribution in [1.29, 1.82) is 0 Å². The van der Waals surface area contributed by atoms with Gasteiger partial charge >= 0.3 is 0 Å². The number of nitrogens with zero attached hydrogens (tertiary/aromatic N) is 3. The van der Waals surface area contributed by atoms with E-state index in [1.807, 2.05) is 47.0 Å². The molecule has 20 heavy (non-hydrogen) atoms. The molecular weight excluding hydrogens is 254 g/mol. The van der Waals surface area contributed by atoms with Gasteiger partial charge in [0.25, 0.3) is 0 Å². The molecule has 3 aromatic heterocycles. The lowest BCUT2D eigenvalue weighted by Crippen LogP contribution is -2.48. The Labute approximate surface area is 115 Å². The number of hydrogen-bond acceptors (Lipinski definition) is 3. The van der Waals surface area contributed by atoms with Gasteiger partial charge in [0.1, 0.15) is 11.7 Å². The molecule has 3 aromatic rings. The van der Waals surface area contributed by atoms with E-state index in [0.29, 0.717) is 0 Å². The van der Waals surface area contributed by atoms with Crippen LogP contribution in [0.2, 0.25) is 0 Å². The van der Waals surface area contributed by atoms with Gasteiger partial charge in [-0.3, -0.25) is 4.98 Å². The first-order valence-corrected chi connectivity index (χ1v) is 6.31. The van der Waals surface area contributed by atoms with E-state index in [-0.39, 0.29) is 0 Å². The quantitative estimate of drug-likeness (QED) is 0.653. The molecule has 0 saturated heterocycles. The molecule has 0 unspecified atom stereocenters. The van der Waals surface area contributed by atoms with Crippen molar-refractivity contribution in [3.05, 3.63) is 55.1 Å².